The maximum atomic E-state index is 12.0. The van der Waals surface area contributed by atoms with E-state index in [0.717, 1.165) is 12.8 Å². The summed E-state index contributed by atoms with van der Waals surface area (Å²) in [6.07, 6.45) is 3.05. The normalized spacial score (nSPS) is 35.1. The zero-order valence-electron chi connectivity index (χ0n) is 11.4. The Hall–Kier alpha value is -1.35. The fourth-order valence-electron chi connectivity index (χ4n) is 3.77. The van der Waals surface area contributed by atoms with Crippen molar-refractivity contribution in [2.75, 3.05) is 6.54 Å². The summed E-state index contributed by atoms with van der Waals surface area (Å²) in [5.74, 6) is 0.549. The van der Waals surface area contributed by atoms with Crippen LogP contribution in [0.15, 0.2) is 30.3 Å². The van der Waals surface area contributed by atoms with E-state index in [2.05, 4.69) is 19.1 Å². The van der Waals surface area contributed by atoms with Gasteiger partial charge in [0, 0.05) is 18.9 Å². The van der Waals surface area contributed by atoms with Crippen molar-refractivity contribution in [2.24, 2.45) is 5.92 Å². The first kappa shape index (κ1) is 12.7. The van der Waals surface area contributed by atoms with Crippen LogP contribution < -0.4 is 0 Å². The Bertz CT molecular complexity index is 473. The van der Waals surface area contributed by atoms with E-state index in [0.29, 0.717) is 25.3 Å². The molecule has 3 atom stereocenters. The van der Waals surface area contributed by atoms with Crippen LogP contribution in [0.1, 0.15) is 44.1 Å². The Morgan fingerprint density at radius 1 is 1.32 bits per heavy atom. The largest absolute Gasteiger partial charge is 0.370 e. The smallest absolute Gasteiger partial charge is 0.224 e. The number of benzene rings is 1. The number of nitrogens with zero attached hydrogens (tertiary/aromatic N) is 1. The van der Waals surface area contributed by atoms with Gasteiger partial charge in [0.25, 0.3) is 0 Å². The number of aliphatic hydroxyl groups is 1. The van der Waals surface area contributed by atoms with Crippen LogP contribution in [0.4, 0.5) is 0 Å². The van der Waals surface area contributed by atoms with E-state index >= 15 is 0 Å². The Kier molecular flexibility index (Phi) is 3.09. The number of piperidine rings is 2. The standard InChI is InChI=1S/C16H21NO2/c1-12-14(13-6-3-2-4-7-13)9-11-17-15(18)8-5-10-16(12,17)19/h2-4,6-7,12,14,19H,5,8-11H2,1H3/t12-,14+,16-/m0/s1. The molecule has 0 aliphatic carbocycles. The molecule has 2 aliphatic heterocycles. The van der Waals surface area contributed by atoms with E-state index in [-0.39, 0.29) is 11.8 Å². The molecule has 1 amide bonds. The molecule has 0 spiro atoms. The zero-order valence-corrected chi connectivity index (χ0v) is 11.4. The van der Waals surface area contributed by atoms with Crippen LogP contribution in [0.5, 0.6) is 0 Å². The number of hydrogen-bond acceptors (Lipinski definition) is 2. The molecule has 3 nitrogen and oxygen atoms in total. The predicted molar refractivity (Wildman–Crippen MR) is 73.5 cm³/mol. The maximum Gasteiger partial charge on any atom is 0.224 e. The molecule has 1 aromatic rings. The molecule has 2 saturated heterocycles. The Labute approximate surface area is 114 Å². The van der Waals surface area contributed by atoms with Crippen LogP contribution in [0.2, 0.25) is 0 Å². The SMILES string of the molecule is C[C@H]1[C@H](c2ccccc2)CCN2C(=O)CCC[C@]12O. The fourth-order valence-corrected chi connectivity index (χ4v) is 3.77. The van der Waals surface area contributed by atoms with Gasteiger partial charge in [-0.2, -0.15) is 0 Å². The van der Waals surface area contributed by atoms with Crippen molar-refractivity contribution in [1.82, 2.24) is 4.90 Å². The van der Waals surface area contributed by atoms with E-state index < -0.39 is 5.72 Å². The summed E-state index contributed by atoms with van der Waals surface area (Å²) in [5, 5.41) is 11.0. The second kappa shape index (κ2) is 4.64. The monoisotopic (exact) mass is 259 g/mol. The lowest BCUT2D eigenvalue weighted by Crippen LogP contribution is -2.62. The third kappa shape index (κ3) is 1.96. The van der Waals surface area contributed by atoms with E-state index in [9.17, 15) is 9.90 Å². The van der Waals surface area contributed by atoms with Crippen LogP contribution in [0, 0.1) is 5.92 Å². The first-order valence-corrected chi connectivity index (χ1v) is 7.21. The van der Waals surface area contributed by atoms with E-state index in [1.807, 2.05) is 18.2 Å². The summed E-state index contributed by atoms with van der Waals surface area (Å²) in [4.78, 5) is 13.7. The topological polar surface area (TPSA) is 40.5 Å². The van der Waals surface area contributed by atoms with Gasteiger partial charge in [0.1, 0.15) is 5.72 Å². The molecule has 2 heterocycles. The highest BCUT2D eigenvalue weighted by Gasteiger charge is 2.50. The molecule has 1 N–H and O–H groups in total. The van der Waals surface area contributed by atoms with Gasteiger partial charge in [0.2, 0.25) is 5.91 Å². The number of rotatable bonds is 1. The van der Waals surface area contributed by atoms with Gasteiger partial charge in [0.05, 0.1) is 0 Å². The minimum atomic E-state index is -0.936. The summed E-state index contributed by atoms with van der Waals surface area (Å²) in [7, 11) is 0. The summed E-state index contributed by atoms with van der Waals surface area (Å²) in [6.45, 7) is 2.77. The van der Waals surface area contributed by atoms with Gasteiger partial charge in [-0.3, -0.25) is 4.79 Å². The highest BCUT2D eigenvalue weighted by atomic mass is 16.3. The van der Waals surface area contributed by atoms with Crippen LogP contribution in [-0.4, -0.2) is 28.2 Å². The Morgan fingerprint density at radius 3 is 2.79 bits per heavy atom. The quantitative estimate of drug-likeness (QED) is 0.842. The first-order chi connectivity index (χ1) is 9.13. The molecule has 0 bridgehead atoms. The third-order valence-corrected chi connectivity index (χ3v) is 4.93. The minimum Gasteiger partial charge on any atom is -0.370 e. The number of carbonyl (C=O) groups is 1. The lowest BCUT2D eigenvalue weighted by atomic mass is 9.71. The second-order valence-corrected chi connectivity index (χ2v) is 5.87. The van der Waals surface area contributed by atoms with E-state index in [1.54, 1.807) is 4.90 Å². The third-order valence-electron chi connectivity index (χ3n) is 4.93. The van der Waals surface area contributed by atoms with Gasteiger partial charge in [-0.25, -0.2) is 0 Å². The van der Waals surface area contributed by atoms with Crippen molar-refractivity contribution < 1.29 is 9.90 Å². The predicted octanol–water partition coefficient (Wildman–Crippen LogP) is 2.51. The van der Waals surface area contributed by atoms with Crippen molar-refractivity contribution in [3.8, 4) is 0 Å². The number of amides is 1. The van der Waals surface area contributed by atoms with Gasteiger partial charge in [-0.05, 0) is 30.7 Å². The molecule has 2 fully saturated rings. The highest BCUT2D eigenvalue weighted by molar-refractivity contribution is 5.78. The molecule has 0 radical (unpaired) electrons. The average molecular weight is 259 g/mol. The van der Waals surface area contributed by atoms with Crippen molar-refractivity contribution in [3.63, 3.8) is 0 Å². The van der Waals surface area contributed by atoms with Gasteiger partial charge >= 0.3 is 0 Å². The molecule has 3 rings (SSSR count). The first-order valence-electron chi connectivity index (χ1n) is 7.21. The minimum absolute atomic E-state index is 0.0906. The summed E-state index contributed by atoms with van der Waals surface area (Å²) >= 11 is 0. The van der Waals surface area contributed by atoms with Gasteiger partial charge in [-0.15, -0.1) is 0 Å². The van der Waals surface area contributed by atoms with Crippen molar-refractivity contribution >= 4 is 5.91 Å². The number of fused-ring (bicyclic) bond motifs is 1. The summed E-state index contributed by atoms with van der Waals surface area (Å²) in [5.41, 5.74) is 0.342. The average Bonchev–Trinajstić information content (AvgIpc) is 2.42. The van der Waals surface area contributed by atoms with Crippen LogP contribution in [0.25, 0.3) is 0 Å². The molecule has 2 aliphatic rings. The number of carbonyl (C=O) groups excluding carboxylic acids is 1. The molecular formula is C16H21NO2. The van der Waals surface area contributed by atoms with Crippen LogP contribution in [0.3, 0.4) is 0 Å². The molecule has 0 saturated carbocycles. The summed E-state index contributed by atoms with van der Waals surface area (Å²) in [6, 6.07) is 10.4. The van der Waals surface area contributed by atoms with Crippen molar-refractivity contribution in [3.05, 3.63) is 35.9 Å². The van der Waals surface area contributed by atoms with Gasteiger partial charge in [-0.1, -0.05) is 37.3 Å². The molecule has 0 unspecified atom stereocenters. The van der Waals surface area contributed by atoms with Crippen LogP contribution in [-0.2, 0) is 4.79 Å². The van der Waals surface area contributed by atoms with Crippen molar-refractivity contribution in [2.45, 2.75) is 44.2 Å². The second-order valence-electron chi connectivity index (χ2n) is 5.87. The summed E-state index contributed by atoms with van der Waals surface area (Å²) < 4.78 is 0. The molecule has 19 heavy (non-hydrogen) atoms. The fraction of sp³-hybridized carbons (Fsp3) is 0.562. The van der Waals surface area contributed by atoms with Crippen LogP contribution >= 0.6 is 0 Å². The zero-order chi connectivity index (χ0) is 13.5. The Balaban J connectivity index is 1.91. The molecular weight excluding hydrogens is 238 g/mol. The maximum absolute atomic E-state index is 12.0. The van der Waals surface area contributed by atoms with E-state index in [1.165, 1.54) is 5.56 Å². The lowest BCUT2D eigenvalue weighted by molar-refractivity contribution is -0.199. The Morgan fingerprint density at radius 2 is 2.05 bits per heavy atom. The number of hydrogen-bond donors (Lipinski definition) is 1. The van der Waals surface area contributed by atoms with Crippen molar-refractivity contribution in [1.29, 1.82) is 0 Å². The molecule has 102 valence electrons. The van der Waals surface area contributed by atoms with Gasteiger partial charge in [0.15, 0.2) is 0 Å². The highest BCUT2D eigenvalue weighted by Crippen LogP contribution is 2.45. The lowest BCUT2D eigenvalue weighted by Gasteiger charge is -2.53. The molecule has 1 aromatic carbocycles. The molecule has 3 heteroatoms. The van der Waals surface area contributed by atoms with E-state index in [4.69, 9.17) is 0 Å². The van der Waals surface area contributed by atoms with Gasteiger partial charge < -0.3 is 10.0 Å². The molecule has 0 aromatic heterocycles.